The normalized spacial score (nSPS) is 22.2. The van der Waals surface area contributed by atoms with E-state index in [0.717, 1.165) is 97.8 Å². The second-order valence-corrected chi connectivity index (χ2v) is 21.6. The van der Waals surface area contributed by atoms with Gasteiger partial charge in [-0.05, 0) is 129 Å². The summed E-state index contributed by atoms with van der Waals surface area (Å²) >= 11 is 7.78. The Morgan fingerprint density at radius 1 is 0.696 bits per heavy atom. The van der Waals surface area contributed by atoms with E-state index in [1.807, 2.05) is 24.3 Å². The van der Waals surface area contributed by atoms with Crippen molar-refractivity contribution in [3.63, 3.8) is 0 Å². The highest BCUT2D eigenvalue weighted by atomic mass is 35.5. The van der Waals surface area contributed by atoms with Gasteiger partial charge >= 0.3 is 12.4 Å². The minimum Gasteiger partial charge on any atom is -0.355 e. The Kier molecular flexibility index (Phi) is 15.4. The number of aromatic nitrogens is 4. The van der Waals surface area contributed by atoms with E-state index in [-0.39, 0.29) is 44.8 Å². The molecule has 4 fully saturated rings. The lowest BCUT2D eigenvalue weighted by Crippen LogP contribution is -2.26. The van der Waals surface area contributed by atoms with Gasteiger partial charge in [-0.1, -0.05) is 35.9 Å². The van der Waals surface area contributed by atoms with Crippen molar-refractivity contribution in [3.8, 4) is 12.1 Å². The third-order valence-corrected chi connectivity index (χ3v) is 16.3. The Bertz CT molecular complexity index is 2850. The number of hydrogen-bond acceptors (Lipinski definition) is 10. The summed E-state index contributed by atoms with van der Waals surface area (Å²) in [5, 5.41) is 22.3. The summed E-state index contributed by atoms with van der Waals surface area (Å²) in [6.07, 6.45) is 3.74. The molecule has 4 aromatic heterocycles. The van der Waals surface area contributed by atoms with Crippen LogP contribution in [0.4, 0.5) is 40.9 Å². The number of halogens is 9. The van der Waals surface area contributed by atoms with Crippen LogP contribution in [0, 0.1) is 57.0 Å². The van der Waals surface area contributed by atoms with Crippen LogP contribution in [0.2, 0.25) is 5.15 Å². The summed E-state index contributed by atoms with van der Waals surface area (Å²) in [4.78, 5) is 19.9. The van der Waals surface area contributed by atoms with Gasteiger partial charge in [-0.3, -0.25) is 0 Å². The summed E-state index contributed by atoms with van der Waals surface area (Å²) in [7, 11) is 0. The first kappa shape index (κ1) is 50.4. The highest BCUT2D eigenvalue weighted by molar-refractivity contribution is 7.19. The minimum atomic E-state index is -4.25. The van der Waals surface area contributed by atoms with Crippen LogP contribution >= 0.6 is 34.3 Å². The topological polar surface area (TPSA) is 114 Å². The lowest BCUT2D eigenvalue weighted by atomic mass is 9.83. The highest BCUT2D eigenvalue weighted by Gasteiger charge is 2.45. The molecule has 2 aromatic carbocycles. The van der Waals surface area contributed by atoms with Gasteiger partial charge in [0.05, 0.1) is 43.2 Å². The molecule has 4 aliphatic rings. The first-order chi connectivity index (χ1) is 32.9. The number of anilines is 1. The molecule has 4 unspecified atom stereocenters. The van der Waals surface area contributed by atoms with Gasteiger partial charge < -0.3 is 10.2 Å². The molecule has 0 bridgehead atoms. The van der Waals surface area contributed by atoms with Crippen molar-refractivity contribution in [1.29, 1.82) is 10.5 Å². The van der Waals surface area contributed by atoms with Crippen LogP contribution in [-0.2, 0) is 38.5 Å². The van der Waals surface area contributed by atoms with Crippen molar-refractivity contribution in [2.24, 2.45) is 22.7 Å². The number of hydrogen-bond donors (Lipinski definition) is 1. The molecule has 19 heteroatoms. The van der Waals surface area contributed by atoms with E-state index in [9.17, 15) is 35.1 Å². The van der Waals surface area contributed by atoms with Crippen LogP contribution in [-0.4, -0.2) is 58.5 Å². The van der Waals surface area contributed by atoms with Gasteiger partial charge in [0.15, 0.2) is 0 Å². The number of fused-ring (bicyclic) bond motifs is 2. The fourth-order valence-corrected chi connectivity index (χ4v) is 13.1. The van der Waals surface area contributed by atoms with Gasteiger partial charge in [0.1, 0.15) is 44.9 Å². The van der Waals surface area contributed by atoms with Crippen molar-refractivity contribution >= 4 is 60.5 Å². The summed E-state index contributed by atoms with van der Waals surface area (Å²) in [5.41, 5.74) is 3.68. The fraction of sp³-hybridized carbons (Fsp3) is 0.480. The zero-order chi connectivity index (χ0) is 49.0. The molecule has 8 nitrogen and oxygen atoms in total. The lowest BCUT2D eigenvalue weighted by Gasteiger charge is -2.25. The fourth-order valence-electron chi connectivity index (χ4n) is 10.8. The van der Waals surface area contributed by atoms with Gasteiger partial charge in [0.25, 0.3) is 0 Å². The SMILES string of the molecule is FC(F)(F)Cc1cc2c(Cl)ncnc2s1.N#CCc1ccc(CC2CCC3(CCN(c4ncnc5sc(CC(F)(F)F)cc45)C3)C2)cc1F.N#CCc1ccc(CC2CCC3(CCNC3)C2)cc1F. The summed E-state index contributed by atoms with van der Waals surface area (Å²) in [6, 6.07) is 17.6. The lowest BCUT2D eigenvalue weighted by molar-refractivity contribution is -0.127. The van der Waals surface area contributed by atoms with Crippen molar-refractivity contribution in [1.82, 2.24) is 25.3 Å². The van der Waals surface area contributed by atoms with Crippen LogP contribution in [0.15, 0.2) is 61.2 Å². The molecule has 1 N–H and O–H groups in total. The van der Waals surface area contributed by atoms with Gasteiger partial charge in [-0.15, -0.1) is 22.7 Å². The number of thiophene rings is 2. The molecule has 0 amide bonds. The Morgan fingerprint density at radius 2 is 1.23 bits per heavy atom. The standard InChI is InChI=1S/C25H24F4N4S.C17H21FN2.C8H4ClF3N2S/c26-21-10-16(1-2-18(21)4-7-30)9-17-3-5-24(12-17)6-8-33(14-24)22-20-11-19(13-25(27,28)29)34-23(20)32-15-31-22;18-16-10-13(1-2-15(16)4-7-19)9-14-3-5-17(11-14)6-8-20-12-17;9-6-5-1-4(2-8(10,11)12)15-7(5)14-3-13-6/h1-2,10-11,15,17H,3-6,8-9,12-14H2;1-2,10,14,20H,3-6,8-9,11-12H2;1,3H,2H2. The minimum absolute atomic E-state index is 0.0760. The van der Waals surface area contributed by atoms with Gasteiger partial charge in [-0.2, -0.15) is 36.9 Å². The van der Waals surface area contributed by atoms with E-state index in [1.54, 1.807) is 30.3 Å². The Morgan fingerprint density at radius 3 is 1.75 bits per heavy atom. The zero-order valence-electron chi connectivity index (χ0n) is 37.5. The van der Waals surface area contributed by atoms with Crippen LogP contribution in [0.1, 0.15) is 83.4 Å². The third kappa shape index (κ3) is 12.9. The van der Waals surface area contributed by atoms with E-state index in [0.29, 0.717) is 48.8 Å². The summed E-state index contributed by atoms with van der Waals surface area (Å²) in [6.45, 7) is 3.97. The predicted octanol–water partition coefficient (Wildman–Crippen LogP) is 12.9. The number of benzene rings is 2. The molecule has 69 heavy (non-hydrogen) atoms. The Labute approximate surface area is 407 Å². The van der Waals surface area contributed by atoms with Gasteiger partial charge in [-0.25, -0.2) is 28.7 Å². The third-order valence-electron chi connectivity index (χ3n) is 13.9. The first-order valence-corrected chi connectivity index (χ1v) is 24.9. The maximum atomic E-state index is 14.2. The van der Waals surface area contributed by atoms with Crippen LogP contribution in [0.3, 0.4) is 0 Å². The van der Waals surface area contributed by atoms with Gasteiger partial charge in [0.2, 0.25) is 0 Å². The number of nitriles is 2. The smallest absolute Gasteiger partial charge is 0.355 e. The van der Waals surface area contributed by atoms with Crippen molar-refractivity contribution < 1.29 is 35.1 Å². The molecule has 10 rings (SSSR count). The second-order valence-electron chi connectivity index (χ2n) is 19.1. The van der Waals surface area contributed by atoms with Crippen LogP contribution in [0.25, 0.3) is 20.4 Å². The molecule has 4 atom stereocenters. The molecule has 2 aliphatic carbocycles. The molecule has 364 valence electrons. The number of nitrogens with zero attached hydrogens (tertiary/aromatic N) is 7. The second kappa shape index (κ2) is 21.1. The van der Waals surface area contributed by atoms with E-state index in [4.69, 9.17) is 22.1 Å². The van der Waals surface area contributed by atoms with E-state index in [2.05, 4.69) is 30.2 Å². The monoisotopic (exact) mass is 1010 g/mol. The maximum absolute atomic E-state index is 14.2. The van der Waals surface area contributed by atoms with Crippen LogP contribution < -0.4 is 10.2 Å². The van der Waals surface area contributed by atoms with Gasteiger partial charge in [0, 0.05) is 45.9 Å². The number of alkyl halides is 6. The first-order valence-electron chi connectivity index (χ1n) is 22.9. The molecule has 2 saturated heterocycles. The highest BCUT2D eigenvalue weighted by Crippen LogP contribution is 2.51. The van der Waals surface area contributed by atoms with E-state index in [1.165, 1.54) is 50.9 Å². The Hall–Kier alpha value is -5.01. The molecule has 2 aliphatic heterocycles. The average molecular weight is 1010 g/mol. The van der Waals surface area contributed by atoms with Crippen molar-refractivity contribution in [3.05, 3.63) is 110 Å². The average Bonchev–Trinajstić information content (AvgIpc) is 4.16. The number of rotatable bonds is 9. The predicted molar refractivity (Wildman–Crippen MR) is 252 cm³/mol. The zero-order valence-corrected chi connectivity index (χ0v) is 39.9. The molecule has 6 heterocycles. The number of nitrogens with one attached hydrogen (secondary N) is 1. The van der Waals surface area contributed by atoms with Crippen LogP contribution in [0.5, 0.6) is 0 Å². The van der Waals surface area contributed by atoms with E-state index >= 15 is 0 Å². The quantitative estimate of drug-likeness (QED) is 0.113. The van der Waals surface area contributed by atoms with Crippen molar-refractivity contribution in [2.45, 2.75) is 102 Å². The molecular weight excluding hydrogens is 964 g/mol. The largest absolute Gasteiger partial charge is 0.393 e. The van der Waals surface area contributed by atoms with E-state index < -0.39 is 25.2 Å². The Balaban J connectivity index is 0.000000155. The molecule has 6 aromatic rings. The summed E-state index contributed by atoms with van der Waals surface area (Å²) < 4.78 is 103. The maximum Gasteiger partial charge on any atom is 0.393 e. The molecule has 2 spiro atoms. The molecule has 0 radical (unpaired) electrons. The van der Waals surface area contributed by atoms with Crippen molar-refractivity contribution in [2.75, 3.05) is 31.1 Å². The molecule has 2 saturated carbocycles. The molecular formula is C50H49ClF8N8S2. The summed E-state index contributed by atoms with van der Waals surface area (Å²) in [5.74, 6) is 1.35.